The highest BCUT2D eigenvalue weighted by Gasteiger charge is 2.71. The number of aliphatic hydroxyl groups is 1. The predicted octanol–water partition coefficient (Wildman–Crippen LogP) is 6.77. The van der Waals surface area contributed by atoms with Gasteiger partial charge < -0.3 is 10.4 Å². The second-order valence-corrected chi connectivity index (χ2v) is 7.76. The zero-order valence-electron chi connectivity index (χ0n) is 18.0. The molecule has 0 saturated heterocycles. The molecule has 2 N–H and O–H groups in total. The van der Waals surface area contributed by atoms with Gasteiger partial charge in [-0.3, -0.25) is 4.98 Å². The highest BCUT2D eigenvalue weighted by Crippen LogP contribution is 2.50. The number of halogens is 9. The lowest BCUT2D eigenvalue weighted by atomic mass is 9.92. The van der Waals surface area contributed by atoms with Gasteiger partial charge >= 0.3 is 18.5 Å². The largest absolute Gasteiger partial charge is 0.430 e. The number of aromatic nitrogens is 3. The maximum absolute atomic E-state index is 13.4. The SMILES string of the molecule is OC(c1ccc(Nc2ncnc3cc(-c4ncccc4C(F)(F)F)ccc23)cc1)(C(F)(F)F)C(F)(F)F. The van der Waals surface area contributed by atoms with Gasteiger partial charge in [-0.2, -0.15) is 39.5 Å². The minimum atomic E-state index is -6.03. The number of nitrogens with zero attached hydrogens (tertiary/aromatic N) is 3. The van der Waals surface area contributed by atoms with E-state index in [0.29, 0.717) is 17.5 Å². The van der Waals surface area contributed by atoms with Crippen molar-refractivity contribution in [2.24, 2.45) is 0 Å². The summed E-state index contributed by atoms with van der Waals surface area (Å²) >= 11 is 0. The van der Waals surface area contributed by atoms with Crippen molar-refractivity contribution in [3.8, 4) is 11.3 Å². The normalized spacial score (nSPS) is 13.1. The third-order valence-corrected chi connectivity index (χ3v) is 5.41. The Balaban J connectivity index is 1.68. The Morgan fingerprint density at radius 1 is 0.730 bits per heavy atom. The molecule has 0 aliphatic heterocycles. The quantitative estimate of drug-likeness (QED) is 0.284. The first kappa shape index (κ1) is 26.1. The van der Waals surface area contributed by atoms with Crippen LogP contribution in [0, 0.1) is 0 Å². The van der Waals surface area contributed by atoms with E-state index in [-0.39, 0.29) is 28.3 Å². The molecule has 0 atom stereocenters. The van der Waals surface area contributed by atoms with E-state index >= 15 is 0 Å². The third-order valence-electron chi connectivity index (χ3n) is 5.41. The fourth-order valence-electron chi connectivity index (χ4n) is 3.59. The summed E-state index contributed by atoms with van der Waals surface area (Å²) in [6.07, 6.45) is -14.4. The first-order valence-corrected chi connectivity index (χ1v) is 10.1. The summed E-state index contributed by atoms with van der Waals surface area (Å²) in [6.45, 7) is 0. The Bertz CT molecular complexity index is 1420. The second kappa shape index (κ2) is 8.87. The Morgan fingerprint density at radius 2 is 1.38 bits per heavy atom. The maximum Gasteiger partial charge on any atom is 0.430 e. The van der Waals surface area contributed by atoms with Gasteiger partial charge in [0.25, 0.3) is 5.60 Å². The van der Waals surface area contributed by atoms with Crippen LogP contribution < -0.4 is 5.32 Å². The topological polar surface area (TPSA) is 70.9 Å². The fourth-order valence-corrected chi connectivity index (χ4v) is 3.59. The van der Waals surface area contributed by atoms with Crippen LogP contribution in [0.15, 0.2) is 67.1 Å². The first-order chi connectivity index (χ1) is 17.1. The summed E-state index contributed by atoms with van der Waals surface area (Å²) in [5.74, 6) is 0.0725. The molecule has 0 radical (unpaired) electrons. The van der Waals surface area contributed by atoms with E-state index in [1.807, 2.05) is 0 Å². The predicted molar refractivity (Wildman–Crippen MR) is 114 cm³/mol. The van der Waals surface area contributed by atoms with Gasteiger partial charge in [0.2, 0.25) is 0 Å². The number of pyridine rings is 1. The number of nitrogens with one attached hydrogen (secondary N) is 1. The zero-order valence-corrected chi connectivity index (χ0v) is 18.0. The molecule has 5 nitrogen and oxygen atoms in total. The molecule has 0 bridgehead atoms. The molecule has 0 amide bonds. The number of alkyl halides is 9. The summed E-state index contributed by atoms with van der Waals surface area (Å²) in [4.78, 5) is 11.8. The molecule has 4 aromatic rings. The van der Waals surface area contributed by atoms with Crippen LogP contribution in [0.25, 0.3) is 22.2 Å². The second-order valence-electron chi connectivity index (χ2n) is 7.76. The van der Waals surface area contributed by atoms with Gasteiger partial charge in [0, 0.05) is 28.4 Å². The zero-order chi connectivity index (χ0) is 27.2. The molecule has 2 heterocycles. The lowest BCUT2D eigenvalue weighted by Gasteiger charge is -2.32. The standard InChI is InChI=1S/C23H13F9N4O/c24-21(25,26)16-2-1-9-33-18(16)12-3-8-15-17(10-12)34-11-35-19(15)36-14-6-4-13(5-7-14)20(37,22(27,28)29)23(30,31)32/h1-11,37H,(H,34,35,36). The molecule has 0 aliphatic rings. The fraction of sp³-hybridized carbons (Fsp3) is 0.174. The Labute approximate surface area is 201 Å². The molecule has 2 aromatic carbocycles. The van der Waals surface area contributed by atoms with Crippen LogP contribution >= 0.6 is 0 Å². The molecule has 2 aromatic heterocycles. The monoisotopic (exact) mass is 532 g/mol. The number of fused-ring (bicyclic) bond motifs is 1. The molecule has 0 spiro atoms. The van der Waals surface area contributed by atoms with Crippen LogP contribution in [0.2, 0.25) is 0 Å². The number of benzene rings is 2. The van der Waals surface area contributed by atoms with Gasteiger partial charge in [-0.15, -0.1) is 0 Å². The molecule has 0 saturated carbocycles. The third kappa shape index (κ3) is 4.75. The van der Waals surface area contributed by atoms with Crippen LogP contribution in [-0.2, 0) is 11.8 Å². The average Bonchev–Trinajstić information content (AvgIpc) is 2.82. The van der Waals surface area contributed by atoms with Crippen LogP contribution in [-0.4, -0.2) is 32.4 Å². The van der Waals surface area contributed by atoms with Crippen molar-refractivity contribution in [1.29, 1.82) is 0 Å². The highest BCUT2D eigenvalue weighted by atomic mass is 19.4. The molecule has 194 valence electrons. The number of rotatable bonds is 4. The molecule has 0 aliphatic carbocycles. The Hall–Kier alpha value is -3.94. The van der Waals surface area contributed by atoms with Gasteiger partial charge in [0.15, 0.2) is 0 Å². The van der Waals surface area contributed by atoms with E-state index in [1.54, 1.807) is 0 Å². The molecular weight excluding hydrogens is 519 g/mol. The summed E-state index contributed by atoms with van der Waals surface area (Å²) in [5, 5.41) is 12.5. The van der Waals surface area contributed by atoms with Gasteiger partial charge in [0.1, 0.15) is 12.1 Å². The lowest BCUT2D eigenvalue weighted by molar-refractivity contribution is -0.376. The van der Waals surface area contributed by atoms with Crippen molar-refractivity contribution in [1.82, 2.24) is 15.0 Å². The van der Waals surface area contributed by atoms with E-state index in [0.717, 1.165) is 30.6 Å². The van der Waals surface area contributed by atoms with Crippen LogP contribution in [0.5, 0.6) is 0 Å². The van der Waals surface area contributed by atoms with Crippen LogP contribution in [0.4, 0.5) is 51.0 Å². The smallest absolute Gasteiger partial charge is 0.369 e. The molecule has 37 heavy (non-hydrogen) atoms. The van der Waals surface area contributed by atoms with Gasteiger partial charge in [-0.05, 0) is 36.4 Å². The highest BCUT2D eigenvalue weighted by molar-refractivity contribution is 5.93. The van der Waals surface area contributed by atoms with Crippen LogP contribution in [0.3, 0.4) is 0 Å². The van der Waals surface area contributed by atoms with Crippen molar-refractivity contribution < 1.29 is 44.6 Å². The number of hydrogen-bond donors (Lipinski definition) is 2. The lowest BCUT2D eigenvalue weighted by Crippen LogP contribution is -2.53. The number of anilines is 2. The van der Waals surface area contributed by atoms with Crippen molar-refractivity contribution >= 4 is 22.4 Å². The van der Waals surface area contributed by atoms with Crippen molar-refractivity contribution in [2.75, 3.05) is 5.32 Å². The molecule has 14 heteroatoms. The molecule has 4 rings (SSSR count). The molecule has 0 unspecified atom stereocenters. The van der Waals surface area contributed by atoms with E-state index in [2.05, 4.69) is 20.3 Å². The summed E-state index contributed by atoms with van der Waals surface area (Å²) in [7, 11) is 0. The average molecular weight is 532 g/mol. The minimum Gasteiger partial charge on any atom is -0.369 e. The summed E-state index contributed by atoms with van der Waals surface area (Å²) < 4.78 is 119. The molecule has 0 fully saturated rings. The maximum atomic E-state index is 13.4. The van der Waals surface area contributed by atoms with E-state index in [9.17, 15) is 44.6 Å². The minimum absolute atomic E-state index is 0.0172. The van der Waals surface area contributed by atoms with Gasteiger partial charge in [0.05, 0.1) is 16.8 Å². The van der Waals surface area contributed by atoms with E-state index < -0.39 is 35.3 Å². The molecular formula is C23H13F9N4O. The Kier molecular flexibility index (Phi) is 6.26. The Morgan fingerprint density at radius 3 is 1.97 bits per heavy atom. The van der Waals surface area contributed by atoms with E-state index in [4.69, 9.17) is 0 Å². The summed E-state index contributed by atoms with van der Waals surface area (Å²) in [5.41, 5.74) is -7.49. The van der Waals surface area contributed by atoms with Crippen molar-refractivity contribution in [3.63, 3.8) is 0 Å². The van der Waals surface area contributed by atoms with Gasteiger partial charge in [-0.25, -0.2) is 9.97 Å². The first-order valence-electron chi connectivity index (χ1n) is 10.1. The summed E-state index contributed by atoms with van der Waals surface area (Å²) in [6, 6.07) is 8.76. The van der Waals surface area contributed by atoms with Crippen LogP contribution in [0.1, 0.15) is 11.1 Å². The van der Waals surface area contributed by atoms with Crippen molar-refractivity contribution in [3.05, 3.63) is 78.2 Å². The van der Waals surface area contributed by atoms with E-state index in [1.165, 1.54) is 24.4 Å². The van der Waals surface area contributed by atoms with Crippen molar-refractivity contribution in [2.45, 2.75) is 24.1 Å². The number of hydrogen-bond acceptors (Lipinski definition) is 5. The van der Waals surface area contributed by atoms with Gasteiger partial charge in [-0.1, -0.05) is 18.2 Å².